The molecule has 1 aromatic rings. The van der Waals surface area contributed by atoms with Crippen molar-refractivity contribution in [3.8, 4) is 0 Å². The van der Waals surface area contributed by atoms with Crippen LogP contribution in [0.2, 0.25) is 0 Å². The molecule has 0 bridgehead atoms. The zero-order chi connectivity index (χ0) is 16.0. The van der Waals surface area contributed by atoms with Crippen molar-refractivity contribution >= 4 is 12.2 Å². The average Bonchev–Trinajstić information content (AvgIpc) is 3.06. The molecule has 6 nitrogen and oxygen atoms in total. The highest BCUT2D eigenvalue weighted by atomic mass is 16.6. The maximum absolute atomic E-state index is 11.6. The number of alkyl carbamates (subject to hydrolysis) is 1. The van der Waals surface area contributed by atoms with Crippen molar-refractivity contribution in [1.29, 1.82) is 0 Å². The van der Waals surface area contributed by atoms with Gasteiger partial charge in [0, 0.05) is 12.0 Å². The lowest BCUT2D eigenvalue weighted by molar-refractivity contribution is 0.0522. The first-order valence-electron chi connectivity index (χ1n) is 6.65. The summed E-state index contributed by atoms with van der Waals surface area (Å²) >= 11 is 0. The molecule has 3 N–H and O–H groups in total. The number of amides is 1. The molecule has 2 unspecified atom stereocenters. The van der Waals surface area contributed by atoms with E-state index in [0.717, 1.165) is 6.42 Å². The van der Waals surface area contributed by atoms with E-state index in [4.69, 9.17) is 19.7 Å². The fourth-order valence-corrected chi connectivity index (χ4v) is 1.88. The summed E-state index contributed by atoms with van der Waals surface area (Å²) in [7, 11) is 0. The zero-order valence-corrected chi connectivity index (χ0v) is 12.4. The summed E-state index contributed by atoms with van der Waals surface area (Å²) in [5, 5.41) is 16.8. The predicted molar refractivity (Wildman–Crippen MR) is 77.6 cm³/mol. The van der Waals surface area contributed by atoms with Crippen LogP contribution in [0.15, 0.2) is 30.3 Å². The SMILES string of the molecule is CC(C)(C)OC(=O)NC1CC1c1ccccc1.O=C(O)O. The van der Waals surface area contributed by atoms with Crippen LogP contribution >= 0.6 is 0 Å². The van der Waals surface area contributed by atoms with Crippen LogP contribution in [0, 0.1) is 0 Å². The fourth-order valence-electron chi connectivity index (χ4n) is 1.88. The summed E-state index contributed by atoms with van der Waals surface area (Å²) < 4.78 is 5.22. The number of nitrogens with one attached hydrogen (secondary N) is 1. The van der Waals surface area contributed by atoms with Crippen molar-refractivity contribution in [1.82, 2.24) is 5.32 Å². The summed E-state index contributed by atoms with van der Waals surface area (Å²) in [5.41, 5.74) is 0.856. The molecule has 0 spiro atoms. The Kier molecular flexibility index (Phi) is 5.58. The molecule has 0 aliphatic heterocycles. The molecular formula is C15H21NO5. The van der Waals surface area contributed by atoms with Gasteiger partial charge in [0.15, 0.2) is 0 Å². The predicted octanol–water partition coefficient (Wildman–Crippen LogP) is 3.29. The summed E-state index contributed by atoms with van der Waals surface area (Å²) in [6.45, 7) is 5.61. The molecule has 1 aromatic carbocycles. The number of ether oxygens (including phenoxy) is 1. The standard InChI is InChI=1S/C14H19NO2.CH2O3/c1-14(2,3)17-13(16)15-12-9-11(12)10-7-5-4-6-8-10;2-1(3)4/h4-8,11-12H,9H2,1-3H3,(H,15,16);(H2,2,3,4). The normalized spacial score (nSPS) is 19.8. The second kappa shape index (κ2) is 6.97. The third kappa shape index (κ3) is 7.20. The minimum absolute atomic E-state index is 0.229. The third-order valence-corrected chi connectivity index (χ3v) is 2.72. The lowest BCUT2D eigenvalue weighted by atomic mass is 10.1. The lowest BCUT2D eigenvalue weighted by Gasteiger charge is -2.19. The smallest absolute Gasteiger partial charge is 0.450 e. The second-order valence-electron chi connectivity index (χ2n) is 5.79. The Morgan fingerprint density at radius 1 is 1.19 bits per heavy atom. The molecule has 1 saturated carbocycles. The van der Waals surface area contributed by atoms with Crippen molar-refractivity contribution in [2.24, 2.45) is 0 Å². The molecule has 2 rings (SSSR count). The molecule has 2 atom stereocenters. The highest BCUT2D eigenvalue weighted by molar-refractivity contribution is 5.69. The minimum Gasteiger partial charge on any atom is -0.450 e. The quantitative estimate of drug-likeness (QED) is 0.778. The van der Waals surface area contributed by atoms with Crippen molar-refractivity contribution in [3.05, 3.63) is 35.9 Å². The Morgan fingerprint density at radius 3 is 2.19 bits per heavy atom. The van der Waals surface area contributed by atoms with E-state index in [1.807, 2.05) is 39.0 Å². The Labute approximate surface area is 123 Å². The van der Waals surface area contributed by atoms with Crippen LogP contribution in [0.5, 0.6) is 0 Å². The first kappa shape index (κ1) is 16.8. The average molecular weight is 295 g/mol. The lowest BCUT2D eigenvalue weighted by Crippen LogP contribution is -2.34. The van der Waals surface area contributed by atoms with Gasteiger partial charge in [0.1, 0.15) is 5.60 Å². The Balaban J connectivity index is 0.000000491. The first-order chi connectivity index (χ1) is 9.69. The molecule has 1 fully saturated rings. The molecule has 0 radical (unpaired) electrons. The van der Waals surface area contributed by atoms with Gasteiger partial charge in [0.05, 0.1) is 0 Å². The number of rotatable bonds is 2. The molecule has 21 heavy (non-hydrogen) atoms. The summed E-state index contributed by atoms with van der Waals surface area (Å²) in [6.07, 6.45) is -1.15. The molecule has 0 saturated heterocycles. The van der Waals surface area contributed by atoms with Gasteiger partial charge in [-0.3, -0.25) is 0 Å². The molecule has 0 heterocycles. The molecule has 1 aliphatic carbocycles. The molecule has 6 heteroatoms. The van der Waals surface area contributed by atoms with Crippen LogP contribution in [0.25, 0.3) is 0 Å². The Hall–Kier alpha value is -2.24. The number of carbonyl (C=O) groups is 2. The van der Waals surface area contributed by atoms with Crippen LogP contribution in [-0.2, 0) is 4.74 Å². The fraction of sp³-hybridized carbons (Fsp3) is 0.467. The van der Waals surface area contributed by atoms with Gasteiger partial charge in [-0.05, 0) is 32.8 Å². The highest BCUT2D eigenvalue weighted by Crippen LogP contribution is 2.40. The second-order valence-corrected chi connectivity index (χ2v) is 5.79. The van der Waals surface area contributed by atoms with Gasteiger partial charge in [-0.1, -0.05) is 30.3 Å². The van der Waals surface area contributed by atoms with E-state index in [0.29, 0.717) is 5.92 Å². The number of hydrogen-bond acceptors (Lipinski definition) is 3. The van der Waals surface area contributed by atoms with Crippen molar-refractivity contribution in [3.63, 3.8) is 0 Å². The van der Waals surface area contributed by atoms with Crippen molar-refractivity contribution in [2.75, 3.05) is 0 Å². The maximum atomic E-state index is 11.6. The topological polar surface area (TPSA) is 95.9 Å². The number of hydrogen-bond donors (Lipinski definition) is 3. The molecule has 1 aliphatic rings. The molecular weight excluding hydrogens is 274 g/mol. The van der Waals surface area contributed by atoms with E-state index in [9.17, 15) is 4.79 Å². The highest BCUT2D eigenvalue weighted by Gasteiger charge is 2.40. The van der Waals surface area contributed by atoms with Gasteiger partial charge in [0.2, 0.25) is 0 Å². The van der Waals surface area contributed by atoms with Crippen LogP contribution < -0.4 is 5.32 Å². The van der Waals surface area contributed by atoms with E-state index in [2.05, 4.69) is 17.4 Å². The summed E-state index contributed by atoms with van der Waals surface area (Å²) in [6, 6.07) is 10.5. The molecule has 1 amide bonds. The van der Waals surface area contributed by atoms with E-state index in [1.54, 1.807) is 0 Å². The van der Waals surface area contributed by atoms with Gasteiger partial charge in [-0.2, -0.15) is 0 Å². The Bertz CT molecular complexity index is 477. The van der Waals surface area contributed by atoms with Crippen LogP contribution in [0.1, 0.15) is 38.7 Å². The van der Waals surface area contributed by atoms with Gasteiger partial charge in [-0.25, -0.2) is 9.59 Å². The number of carbonyl (C=O) groups excluding carboxylic acids is 1. The zero-order valence-electron chi connectivity index (χ0n) is 12.4. The van der Waals surface area contributed by atoms with Gasteiger partial charge < -0.3 is 20.3 Å². The van der Waals surface area contributed by atoms with Crippen LogP contribution in [-0.4, -0.2) is 34.1 Å². The van der Waals surface area contributed by atoms with Crippen molar-refractivity contribution < 1.29 is 24.5 Å². The van der Waals surface area contributed by atoms with E-state index in [-0.39, 0.29) is 12.1 Å². The first-order valence-corrected chi connectivity index (χ1v) is 6.65. The molecule has 0 aromatic heterocycles. The summed E-state index contributed by atoms with van der Waals surface area (Å²) in [5.74, 6) is 0.448. The van der Waals surface area contributed by atoms with Crippen LogP contribution in [0.4, 0.5) is 9.59 Å². The monoisotopic (exact) mass is 295 g/mol. The largest absolute Gasteiger partial charge is 0.503 e. The number of benzene rings is 1. The van der Waals surface area contributed by atoms with Gasteiger partial charge >= 0.3 is 12.2 Å². The maximum Gasteiger partial charge on any atom is 0.503 e. The van der Waals surface area contributed by atoms with E-state index >= 15 is 0 Å². The van der Waals surface area contributed by atoms with Crippen molar-refractivity contribution in [2.45, 2.75) is 44.8 Å². The minimum atomic E-state index is -1.83. The van der Waals surface area contributed by atoms with E-state index < -0.39 is 11.8 Å². The van der Waals surface area contributed by atoms with Crippen LogP contribution in [0.3, 0.4) is 0 Å². The van der Waals surface area contributed by atoms with E-state index in [1.165, 1.54) is 5.56 Å². The molecule has 116 valence electrons. The number of carboxylic acid groups (broad SMARTS) is 2. The summed E-state index contributed by atoms with van der Waals surface area (Å²) in [4.78, 5) is 20.1. The van der Waals surface area contributed by atoms with Gasteiger partial charge in [0.25, 0.3) is 0 Å². The van der Waals surface area contributed by atoms with Gasteiger partial charge in [-0.15, -0.1) is 0 Å². The third-order valence-electron chi connectivity index (χ3n) is 2.72. The Morgan fingerprint density at radius 2 is 1.71 bits per heavy atom.